The number of Topliss-reactive ketones (excluding diaryl/α,β-unsaturated/α-hetero) is 1. The van der Waals surface area contributed by atoms with E-state index in [1.165, 1.54) is 6.07 Å². The van der Waals surface area contributed by atoms with Crippen LogP contribution in [0.4, 0.5) is 14.6 Å². The number of likely N-dealkylation sites (tertiary alicyclic amines) is 1. The fourth-order valence-corrected chi connectivity index (χ4v) is 3.67. The first-order valence-corrected chi connectivity index (χ1v) is 9.61. The first kappa shape index (κ1) is 19.6. The molecule has 8 heteroatoms. The third kappa shape index (κ3) is 4.33. The lowest BCUT2D eigenvalue weighted by Crippen LogP contribution is -2.52. The molecule has 1 aromatic carbocycles. The van der Waals surface area contributed by atoms with Crippen LogP contribution in [0.15, 0.2) is 36.4 Å². The number of nitrogens with zero attached hydrogens (tertiary/aromatic N) is 2. The summed E-state index contributed by atoms with van der Waals surface area (Å²) in [7, 11) is 0. The van der Waals surface area contributed by atoms with E-state index in [9.17, 15) is 18.4 Å². The predicted molar refractivity (Wildman–Crippen MR) is 102 cm³/mol. The van der Waals surface area contributed by atoms with Crippen LogP contribution < -0.4 is 5.32 Å². The van der Waals surface area contributed by atoms with Crippen molar-refractivity contribution >= 4 is 17.5 Å². The number of hydrogen-bond acceptors (Lipinski definition) is 5. The van der Waals surface area contributed by atoms with Gasteiger partial charge in [-0.05, 0) is 50.2 Å². The van der Waals surface area contributed by atoms with Gasteiger partial charge in [0.2, 0.25) is 0 Å². The first-order valence-electron chi connectivity index (χ1n) is 9.61. The summed E-state index contributed by atoms with van der Waals surface area (Å²) in [5, 5.41) is 2.47. The quantitative estimate of drug-likeness (QED) is 0.780. The minimum atomic E-state index is -0.960. The van der Waals surface area contributed by atoms with Crippen LogP contribution in [-0.2, 0) is 4.74 Å². The van der Waals surface area contributed by atoms with E-state index in [2.05, 4.69) is 15.2 Å². The van der Waals surface area contributed by atoms with Crippen molar-refractivity contribution in [1.29, 1.82) is 0 Å². The number of pyridine rings is 1. The second-order valence-corrected chi connectivity index (χ2v) is 7.35. The van der Waals surface area contributed by atoms with Crippen LogP contribution in [0.2, 0.25) is 0 Å². The van der Waals surface area contributed by atoms with Crippen LogP contribution in [0.3, 0.4) is 0 Å². The zero-order valence-corrected chi connectivity index (χ0v) is 15.7. The fourth-order valence-electron chi connectivity index (χ4n) is 3.67. The fraction of sp³-hybridized carbons (Fsp3) is 0.381. The van der Waals surface area contributed by atoms with Gasteiger partial charge in [-0.3, -0.25) is 14.5 Å². The molecule has 1 amide bonds. The smallest absolute Gasteiger partial charge is 0.259 e. The maximum Gasteiger partial charge on any atom is 0.259 e. The molecule has 2 aliphatic rings. The largest absolute Gasteiger partial charge is 0.378 e. The second-order valence-electron chi connectivity index (χ2n) is 7.35. The van der Waals surface area contributed by atoms with Crippen LogP contribution in [0.1, 0.15) is 33.7 Å². The van der Waals surface area contributed by atoms with Gasteiger partial charge in [-0.15, -0.1) is 0 Å². The van der Waals surface area contributed by atoms with Gasteiger partial charge < -0.3 is 10.1 Å². The standard InChI is InChI=1S/C21H21F2N3O3/c22-14-4-5-16(17(23)10-14)21(28)25-19-3-1-2-18(24-19)20(27)13-6-8-26(9-7-13)15-11-29-12-15/h1-5,10,13,15H,6-9,11-12H2,(H,24,25,28). The Bertz CT molecular complexity index is 925. The number of ketones is 1. The Balaban J connectivity index is 1.40. The highest BCUT2D eigenvalue weighted by atomic mass is 19.1. The Morgan fingerprint density at radius 3 is 2.52 bits per heavy atom. The zero-order chi connectivity index (χ0) is 20.4. The number of hydrogen-bond donors (Lipinski definition) is 1. The molecule has 0 saturated carbocycles. The van der Waals surface area contributed by atoms with E-state index in [0.717, 1.165) is 51.3 Å². The van der Waals surface area contributed by atoms with Crippen LogP contribution in [0.25, 0.3) is 0 Å². The van der Waals surface area contributed by atoms with E-state index >= 15 is 0 Å². The monoisotopic (exact) mass is 401 g/mol. The van der Waals surface area contributed by atoms with E-state index in [4.69, 9.17) is 4.74 Å². The molecule has 29 heavy (non-hydrogen) atoms. The number of rotatable bonds is 5. The van der Waals surface area contributed by atoms with Crippen molar-refractivity contribution in [1.82, 2.24) is 9.88 Å². The number of piperidine rings is 1. The molecular formula is C21H21F2N3O3. The lowest BCUT2D eigenvalue weighted by atomic mass is 9.90. The number of carbonyl (C=O) groups excluding carboxylic acids is 2. The van der Waals surface area contributed by atoms with Gasteiger partial charge in [0.15, 0.2) is 5.78 Å². The van der Waals surface area contributed by atoms with Crippen molar-refractivity contribution in [2.45, 2.75) is 18.9 Å². The lowest BCUT2D eigenvalue weighted by molar-refractivity contribution is -0.0725. The van der Waals surface area contributed by atoms with Gasteiger partial charge in [0.25, 0.3) is 5.91 Å². The Kier molecular flexibility index (Phi) is 5.64. The third-order valence-electron chi connectivity index (χ3n) is 5.46. The molecule has 1 N–H and O–H groups in total. The van der Waals surface area contributed by atoms with Crippen LogP contribution in [0, 0.1) is 17.6 Å². The number of carbonyl (C=O) groups is 2. The molecule has 0 spiro atoms. The third-order valence-corrected chi connectivity index (χ3v) is 5.46. The summed E-state index contributed by atoms with van der Waals surface area (Å²) in [6.07, 6.45) is 1.52. The molecule has 2 fully saturated rings. The van der Waals surface area contributed by atoms with Crippen LogP contribution in [0.5, 0.6) is 0 Å². The highest BCUT2D eigenvalue weighted by Crippen LogP contribution is 2.25. The highest BCUT2D eigenvalue weighted by molar-refractivity contribution is 6.04. The molecule has 0 unspecified atom stereocenters. The summed E-state index contributed by atoms with van der Waals surface area (Å²) >= 11 is 0. The summed E-state index contributed by atoms with van der Waals surface area (Å²) in [5.41, 5.74) is -0.0231. The van der Waals surface area contributed by atoms with Gasteiger partial charge in [0.1, 0.15) is 23.1 Å². The molecular weight excluding hydrogens is 380 g/mol. The molecule has 0 bridgehead atoms. The molecule has 152 valence electrons. The summed E-state index contributed by atoms with van der Waals surface area (Å²) in [6.45, 7) is 3.22. The number of ether oxygens (including phenoxy) is 1. The number of aromatic nitrogens is 1. The molecule has 1 aromatic heterocycles. The van der Waals surface area contributed by atoms with Crippen LogP contribution in [-0.4, -0.2) is 53.9 Å². The Morgan fingerprint density at radius 1 is 1.10 bits per heavy atom. The van der Waals surface area contributed by atoms with Crippen molar-refractivity contribution < 1.29 is 23.1 Å². The maximum atomic E-state index is 13.8. The normalized spacial score (nSPS) is 18.3. The molecule has 2 aliphatic heterocycles. The number of amides is 1. The lowest BCUT2D eigenvalue weighted by Gasteiger charge is -2.41. The first-order chi connectivity index (χ1) is 14.0. The molecule has 4 rings (SSSR count). The van der Waals surface area contributed by atoms with Gasteiger partial charge in [0.05, 0.1) is 24.8 Å². The van der Waals surface area contributed by atoms with Crippen LogP contribution >= 0.6 is 0 Å². The topological polar surface area (TPSA) is 71.5 Å². The number of benzene rings is 1. The van der Waals surface area contributed by atoms with Gasteiger partial charge in [-0.25, -0.2) is 13.8 Å². The summed E-state index contributed by atoms with van der Waals surface area (Å²) in [4.78, 5) is 31.7. The van der Waals surface area contributed by atoms with Crippen molar-refractivity contribution in [2.75, 3.05) is 31.6 Å². The second kappa shape index (κ2) is 8.34. The van der Waals surface area contributed by atoms with Gasteiger partial charge >= 0.3 is 0 Å². The molecule has 3 heterocycles. The molecule has 6 nitrogen and oxygen atoms in total. The predicted octanol–water partition coefficient (Wildman–Crippen LogP) is 2.91. The Morgan fingerprint density at radius 2 is 1.86 bits per heavy atom. The molecule has 0 atom stereocenters. The van der Waals surface area contributed by atoms with Crippen molar-refractivity contribution in [2.24, 2.45) is 5.92 Å². The number of nitrogens with one attached hydrogen (secondary N) is 1. The Hall–Kier alpha value is -2.71. The van der Waals surface area contributed by atoms with Crippen molar-refractivity contribution in [3.63, 3.8) is 0 Å². The summed E-state index contributed by atoms with van der Waals surface area (Å²) in [6, 6.07) is 7.94. The van der Waals surface area contributed by atoms with Gasteiger partial charge in [-0.2, -0.15) is 0 Å². The molecule has 0 radical (unpaired) electrons. The molecule has 2 aromatic rings. The Labute approximate surface area is 166 Å². The van der Waals surface area contributed by atoms with E-state index < -0.39 is 17.5 Å². The van der Waals surface area contributed by atoms with Gasteiger partial charge in [-0.1, -0.05) is 6.07 Å². The van der Waals surface area contributed by atoms with Gasteiger partial charge in [0, 0.05) is 12.0 Å². The highest BCUT2D eigenvalue weighted by Gasteiger charge is 2.32. The minimum absolute atomic E-state index is 0.0569. The van der Waals surface area contributed by atoms with E-state index in [1.807, 2.05) is 0 Å². The number of anilines is 1. The van der Waals surface area contributed by atoms with Crippen molar-refractivity contribution in [3.05, 3.63) is 59.3 Å². The molecule has 2 saturated heterocycles. The molecule has 0 aliphatic carbocycles. The summed E-state index contributed by atoms with van der Waals surface area (Å²) < 4.78 is 32.0. The summed E-state index contributed by atoms with van der Waals surface area (Å²) in [5.74, 6) is -2.50. The average Bonchev–Trinajstić information content (AvgIpc) is 2.67. The zero-order valence-electron chi connectivity index (χ0n) is 15.7. The van der Waals surface area contributed by atoms with Crippen molar-refractivity contribution in [3.8, 4) is 0 Å². The average molecular weight is 401 g/mol. The number of halogens is 2. The SMILES string of the molecule is O=C(Nc1cccc(C(=O)C2CCN(C3COC3)CC2)n1)c1ccc(F)cc1F. The van der Waals surface area contributed by atoms with E-state index in [-0.39, 0.29) is 28.8 Å². The van der Waals surface area contributed by atoms with E-state index in [0.29, 0.717) is 12.1 Å². The maximum absolute atomic E-state index is 13.8. The minimum Gasteiger partial charge on any atom is -0.378 e. The van der Waals surface area contributed by atoms with E-state index in [1.54, 1.807) is 12.1 Å².